The molecule has 1 aliphatic heterocycles. The van der Waals surface area contributed by atoms with Gasteiger partial charge in [0.15, 0.2) is 6.61 Å². The highest BCUT2D eigenvalue weighted by Gasteiger charge is 2.37. The van der Waals surface area contributed by atoms with E-state index in [4.69, 9.17) is 4.74 Å². The first kappa shape index (κ1) is 24.4. The van der Waals surface area contributed by atoms with Gasteiger partial charge in [-0.25, -0.2) is 12.8 Å². The molecular weight excluding hydrogens is 474 g/mol. The number of piperazine rings is 1. The topological polar surface area (TPSA) is 110 Å². The zero-order valence-electron chi connectivity index (χ0n) is 16.8. The quantitative estimate of drug-likeness (QED) is 0.349. The van der Waals surface area contributed by atoms with E-state index in [1.165, 1.54) is 17.0 Å². The van der Waals surface area contributed by atoms with Crippen molar-refractivity contribution in [3.63, 3.8) is 0 Å². The number of halogens is 4. The summed E-state index contributed by atoms with van der Waals surface area (Å²) < 4.78 is 84.3. The molecule has 2 aromatic carbocycles. The lowest BCUT2D eigenvalue weighted by Crippen LogP contribution is -2.51. The zero-order chi connectivity index (χ0) is 24.4. The molecule has 1 heterocycles. The van der Waals surface area contributed by atoms with Crippen molar-refractivity contribution in [1.82, 2.24) is 9.21 Å². The fourth-order valence-corrected chi connectivity index (χ4v) is 4.62. The van der Waals surface area contributed by atoms with E-state index in [1.54, 1.807) is 0 Å². The van der Waals surface area contributed by atoms with Gasteiger partial charge in [-0.05, 0) is 24.3 Å². The van der Waals surface area contributed by atoms with Crippen LogP contribution in [0.3, 0.4) is 0 Å². The standard InChI is InChI=1S/C19H17F4N3O6S/c20-13-2-1-3-15(10-13)33(30,31)25-8-6-24(7-9-25)18(27)12-32-17-5-4-14(26(28)29)11-16(17)19(21,22)23/h1-5,10-11H,6-9,12H2. The van der Waals surface area contributed by atoms with Crippen LogP contribution in [-0.4, -0.2) is 61.2 Å². The van der Waals surface area contributed by atoms with Crippen LogP contribution in [0.15, 0.2) is 47.4 Å². The number of carbonyl (C=O) groups is 1. The molecule has 0 bridgehead atoms. The van der Waals surface area contributed by atoms with E-state index < -0.39 is 56.5 Å². The molecule has 14 heteroatoms. The molecule has 0 aliphatic carbocycles. The number of hydrogen-bond acceptors (Lipinski definition) is 6. The molecule has 0 N–H and O–H groups in total. The predicted molar refractivity (Wildman–Crippen MR) is 105 cm³/mol. The third kappa shape index (κ3) is 5.57. The van der Waals surface area contributed by atoms with Crippen LogP contribution in [0, 0.1) is 15.9 Å². The number of amides is 1. The van der Waals surface area contributed by atoms with Gasteiger partial charge in [0.05, 0.1) is 9.82 Å². The smallest absolute Gasteiger partial charge is 0.420 e. The molecule has 33 heavy (non-hydrogen) atoms. The Kier molecular flexibility index (Phi) is 6.88. The molecule has 2 aromatic rings. The van der Waals surface area contributed by atoms with Crippen LogP contribution in [0.5, 0.6) is 5.75 Å². The van der Waals surface area contributed by atoms with Crippen molar-refractivity contribution in [1.29, 1.82) is 0 Å². The highest BCUT2D eigenvalue weighted by Crippen LogP contribution is 2.38. The summed E-state index contributed by atoms with van der Waals surface area (Å²) in [7, 11) is -3.98. The van der Waals surface area contributed by atoms with E-state index >= 15 is 0 Å². The third-order valence-electron chi connectivity index (χ3n) is 4.86. The minimum atomic E-state index is -4.94. The average molecular weight is 491 g/mol. The van der Waals surface area contributed by atoms with Crippen LogP contribution in [-0.2, 0) is 21.0 Å². The Morgan fingerprint density at radius 1 is 1.09 bits per heavy atom. The molecule has 1 saturated heterocycles. The summed E-state index contributed by atoms with van der Waals surface area (Å²) in [6.45, 7) is -1.09. The van der Waals surface area contributed by atoms with Gasteiger partial charge >= 0.3 is 6.18 Å². The van der Waals surface area contributed by atoms with Gasteiger partial charge in [-0.3, -0.25) is 14.9 Å². The van der Waals surface area contributed by atoms with Crippen molar-refractivity contribution in [2.24, 2.45) is 0 Å². The maximum Gasteiger partial charge on any atom is 0.420 e. The maximum absolute atomic E-state index is 13.4. The number of nitrogens with zero attached hydrogens (tertiary/aromatic N) is 3. The van der Waals surface area contributed by atoms with Crippen molar-refractivity contribution in [3.8, 4) is 5.75 Å². The van der Waals surface area contributed by atoms with Crippen molar-refractivity contribution < 1.29 is 40.4 Å². The number of nitro benzene ring substituents is 1. The van der Waals surface area contributed by atoms with E-state index in [9.17, 15) is 40.9 Å². The minimum absolute atomic E-state index is 0.0525. The predicted octanol–water partition coefficient (Wildman–Crippen LogP) is 2.66. The molecule has 1 aliphatic rings. The monoisotopic (exact) mass is 491 g/mol. The first-order valence-electron chi connectivity index (χ1n) is 9.41. The van der Waals surface area contributed by atoms with Crippen LogP contribution in [0.25, 0.3) is 0 Å². The molecule has 0 aromatic heterocycles. The molecule has 1 fully saturated rings. The first-order valence-corrected chi connectivity index (χ1v) is 10.9. The summed E-state index contributed by atoms with van der Waals surface area (Å²) >= 11 is 0. The number of sulfonamides is 1. The number of carbonyl (C=O) groups excluding carboxylic acids is 1. The molecule has 0 spiro atoms. The molecular formula is C19H17F4N3O6S. The number of nitro groups is 1. The van der Waals surface area contributed by atoms with E-state index in [0.29, 0.717) is 6.07 Å². The average Bonchev–Trinajstić information content (AvgIpc) is 2.76. The number of ether oxygens (including phenoxy) is 1. The van der Waals surface area contributed by atoms with Gasteiger partial charge in [-0.2, -0.15) is 17.5 Å². The van der Waals surface area contributed by atoms with Gasteiger partial charge in [0.25, 0.3) is 11.6 Å². The second kappa shape index (κ2) is 9.31. The number of benzene rings is 2. The van der Waals surface area contributed by atoms with Gasteiger partial charge in [-0.1, -0.05) is 6.07 Å². The number of rotatable bonds is 6. The highest BCUT2D eigenvalue weighted by molar-refractivity contribution is 7.89. The van der Waals surface area contributed by atoms with Crippen molar-refractivity contribution >= 4 is 21.6 Å². The van der Waals surface area contributed by atoms with Crippen LogP contribution in [0.1, 0.15) is 5.56 Å². The second-order valence-corrected chi connectivity index (χ2v) is 8.90. The fourth-order valence-electron chi connectivity index (χ4n) is 3.16. The van der Waals surface area contributed by atoms with Gasteiger partial charge < -0.3 is 9.64 Å². The molecule has 0 unspecified atom stereocenters. The molecule has 178 valence electrons. The lowest BCUT2D eigenvalue weighted by atomic mass is 10.1. The molecule has 3 rings (SSSR count). The molecule has 0 atom stereocenters. The summed E-state index contributed by atoms with van der Waals surface area (Å²) in [4.78, 5) is 23.1. The first-order chi connectivity index (χ1) is 15.4. The van der Waals surface area contributed by atoms with E-state index in [1.807, 2.05) is 0 Å². The Hall–Kier alpha value is -3.26. The summed E-state index contributed by atoms with van der Waals surface area (Å²) in [5, 5.41) is 10.7. The minimum Gasteiger partial charge on any atom is -0.483 e. The van der Waals surface area contributed by atoms with E-state index in [2.05, 4.69) is 0 Å². The van der Waals surface area contributed by atoms with Crippen LogP contribution in [0.2, 0.25) is 0 Å². The molecule has 9 nitrogen and oxygen atoms in total. The lowest BCUT2D eigenvalue weighted by molar-refractivity contribution is -0.385. The number of hydrogen-bond donors (Lipinski definition) is 0. The van der Waals surface area contributed by atoms with Crippen LogP contribution >= 0.6 is 0 Å². The molecule has 1 amide bonds. The van der Waals surface area contributed by atoms with Gasteiger partial charge in [0.2, 0.25) is 10.0 Å². The van der Waals surface area contributed by atoms with Gasteiger partial charge in [0.1, 0.15) is 17.1 Å². The van der Waals surface area contributed by atoms with E-state index in [-0.39, 0.29) is 31.1 Å². The Balaban J connectivity index is 1.63. The van der Waals surface area contributed by atoms with Gasteiger partial charge in [-0.15, -0.1) is 0 Å². The van der Waals surface area contributed by atoms with Crippen molar-refractivity contribution in [3.05, 3.63) is 64.0 Å². The molecule has 0 saturated carbocycles. The normalized spacial score (nSPS) is 15.3. The number of non-ortho nitro benzene ring substituents is 1. The van der Waals surface area contributed by atoms with Crippen LogP contribution < -0.4 is 4.74 Å². The Labute approximate surface area is 185 Å². The largest absolute Gasteiger partial charge is 0.483 e. The number of alkyl halides is 3. The van der Waals surface area contributed by atoms with Crippen molar-refractivity contribution in [2.75, 3.05) is 32.8 Å². The van der Waals surface area contributed by atoms with Gasteiger partial charge in [0, 0.05) is 38.3 Å². The highest BCUT2D eigenvalue weighted by atomic mass is 32.2. The summed E-state index contributed by atoms with van der Waals surface area (Å²) in [6, 6.07) is 6.38. The lowest BCUT2D eigenvalue weighted by Gasteiger charge is -2.34. The Morgan fingerprint density at radius 2 is 1.76 bits per heavy atom. The Bertz CT molecular complexity index is 1160. The SMILES string of the molecule is O=C(COc1ccc([N+](=O)[O-])cc1C(F)(F)F)N1CCN(S(=O)(=O)c2cccc(F)c2)CC1. The van der Waals surface area contributed by atoms with Crippen molar-refractivity contribution in [2.45, 2.75) is 11.1 Å². The van der Waals surface area contributed by atoms with Crippen LogP contribution in [0.4, 0.5) is 23.2 Å². The summed E-state index contributed by atoms with van der Waals surface area (Å²) in [6.07, 6.45) is -4.94. The van der Waals surface area contributed by atoms with E-state index in [0.717, 1.165) is 28.6 Å². The second-order valence-electron chi connectivity index (χ2n) is 6.97. The fraction of sp³-hybridized carbons (Fsp3) is 0.316. The summed E-state index contributed by atoms with van der Waals surface area (Å²) in [5.41, 5.74) is -2.17. The third-order valence-corrected chi connectivity index (χ3v) is 6.75. The maximum atomic E-state index is 13.4. The molecule has 0 radical (unpaired) electrons. The summed E-state index contributed by atoms with van der Waals surface area (Å²) in [5.74, 6) is -2.15. The zero-order valence-corrected chi connectivity index (χ0v) is 17.6. The Morgan fingerprint density at radius 3 is 2.33 bits per heavy atom.